The molecule has 0 radical (unpaired) electrons. The molecule has 130 valence electrons. The average molecular weight is 365 g/mol. The van der Waals surface area contributed by atoms with E-state index in [-0.39, 0.29) is 16.4 Å². The first-order chi connectivity index (χ1) is 12.6. The molecule has 3 rings (SSSR count). The van der Waals surface area contributed by atoms with Gasteiger partial charge in [0.15, 0.2) is 5.11 Å². The van der Waals surface area contributed by atoms with Crippen molar-refractivity contribution in [3.05, 3.63) is 78.6 Å². The molecule has 0 spiro atoms. The lowest BCUT2D eigenvalue weighted by atomic mass is 10.2. The Morgan fingerprint density at radius 3 is 2.54 bits per heavy atom. The van der Waals surface area contributed by atoms with Crippen molar-refractivity contribution in [2.45, 2.75) is 0 Å². The molecule has 2 aromatic carbocycles. The summed E-state index contributed by atoms with van der Waals surface area (Å²) >= 11 is 5.15. The Hall–Kier alpha value is -3.45. The second-order valence-corrected chi connectivity index (χ2v) is 5.69. The fourth-order valence-corrected chi connectivity index (χ4v) is 2.36. The minimum Gasteiger partial charge on any atom is -0.506 e. The first-order valence-corrected chi connectivity index (χ1v) is 8.10. The molecule has 0 bridgehead atoms. The molecule has 26 heavy (non-hydrogen) atoms. The van der Waals surface area contributed by atoms with Gasteiger partial charge in [-0.3, -0.25) is 15.1 Å². The molecule has 7 heteroatoms. The van der Waals surface area contributed by atoms with Gasteiger partial charge in [0.1, 0.15) is 17.2 Å². The highest BCUT2D eigenvalue weighted by atomic mass is 32.1. The lowest BCUT2D eigenvalue weighted by molar-refractivity contribution is 0.0977. The van der Waals surface area contributed by atoms with Gasteiger partial charge in [-0.1, -0.05) is 24.3 Å². The normalized spacial score (nSPS) is 10.0. The summed E-state index contributed by atoms with van der Waals surface area (Å²) in [5, 5.41) is 14.9. The summed E-state index contributed by atoms with van der Waals surface area (Å²) in [5.74, 6) is 0.786. The van der Waals surface area contributed by atoms with Crippen molar-refractivity contribution in [3.63, 3.8) is 0 Å². The molecular formula is C19H15N3O3S. The van der Waals surface area contributed by atoms with Gasteiger partial charge in [0.05, 0.1) is 11.8 Å². The molecule has 0 atom stereocenters. The van der Waals surface area contributed by atoms with Crippen molar-refractivity contribution in [2.75, 3.05) is 5.32 Å². The Balaban J connectivity index is 1.62. The van der Waals surface area contributed by atoms with E-state index in [1.165, 1.54) is 18.5 Å². The number of para-hydroxylation sites is 1. The Bertz CT molecular complexity index is 932. The van der Waals surface area contributed by atoms with Gasteiger partial charge in [-0.05, 0) is 42.5 Å². The number of nitrogens with one attached hydrogen (secondary N) is 2. The number of ether oxygens (including phenoxy) is 1. The number of hydrogen-bond donors (Lipinski definition) is 3. The Morgan fingerprint density at radius 1 is 1.00 bits per heavy atom. The highest BCUT2D eigenvalue weighted by Gasteiger charge is 2.09. The van der Waals surface area contributed by atoms with Gasteiger partial charge >= 0.3 is 0 Å². The fourth-order valence-electron chi connectivity index (χ4n) is 2.15. The molecule has 1 heterocycles. The summed E-state index contributed by atoms with van der Waals surface area (Å²) in [6, 6.07) is 17.9. The van der Waals surface area contributed by atoms with Crippen LogP contribution in [0.2, 0.25) is 0 Å². The van der Waals surface area contributed by atoms with Gasteiger partial charge in [-0.25, -0.2) is 0 Å². The number of benzene rings is 2. The van der Waals surface area contributed by atoms with E-state index in [4.69, 9.17) is 17.0 Å². The van der Waals surface area contributed by atoms with Crippen LogP contribution in [0.5, 0.6) is 17.2 Å². The number of thiocarbonyl (C=S) groups is 1. The molecule has 0 aliphatic carbocycles. The molecule has 1 amide bonds. The molecule has 1 aromatic heterocycles. The van der Waals surface area contributed by atoms with Gasteiger partial charge in [0.25, 0.3) is 5.91 Å². The van der Waals surface area contributed by atoms with Crippen LogP contribution in [-0.4, -0.2) is 21.1 Å². The Labute approximate surface area is 155 Å². The maximum atomic E-state index is 12.1. The van der Waals surface area contributed by atoms with E-state index >= 15 is 0 Å². The molecule has 3 N–H and O–H groups in total. The molecule has 3 aromatic rings. The van der Waals surface area contributed by atoms with Crippen LogP contribution in [0.1, 0.15) is 10.4 Å². The smallest absolute Gasteiger partial charge is 0.259 e. The predicted octanol–water partition coefficient (Wildman–Crippen LogP) is 3.71. The van der Waals surface area contributed by atoms with Crippen molar-refractivity contribution in [3.8, 4) is 17.2 Å². The van der Waals surface area contributed by atoms with Crippen LogP contribution < -0.4 is 15.4 Å². The molecular weight excluding hydrogens is 350 g/mol. The fraction of sp³-hybridized carbons (Fsp3) is 0. The minimum atomic E-state index is -0.470. The number of nitrogens with zero attached hydrogens (tertiary/aromatic N) is 1. The lowest BCUT2D eigenvalue weighted by Crippen LogP contribution is -2.34. The molecule has 6 nitrogen and oxygen atoms in total. The molecule has 0 aliphatic rings. The molecule has 0 fully saturated rings. The van der Waals surface area contributed by atoms with E-state index in [1.54, 1.807) is 12.1 Å². The summed E-state index contributed by atoms with van der Waals surface area (Å²) in [6.07, 6.45) is 2.58. The number of anilines is 1. The number of carbonyl (C=O) groups excluding carboxylic acids is 1. The third kappa shape index (κ3) is 4.78. The standard InChI is InChI=1S/C19H15N3O3S/c23-15-9-13(11-20-12-15)18(24)22-19(26)21-14-5-4-8-17(10-14)25-16-6-2-1-3-7-16/h1-12,23H,(H2,21,22,24,26). The molecule has 0 saturated carbocycles. The van der Waals surface area contributed by atoms with Crippen LogP contribution in [-0.2, 0) is 0 Å². The van der Waals surface area contributed by atoms with E-state index < -0.39 is 5.91 Å². The number of aromatic hydroxyl groups is 1. The van der Waals surface area contributed by atoms with Crippen LogP contribution in [0, 0.1) is 0 Å². The van der Waals surface area contributed by atoms with E-state index in [0.29, 0.717) is 11.4 Å². The van der Waals surface area contributed by atoms with Gasteiger partial charge < -0.3 is 15.2 Å². The van der Waals surface area contributed by atoms with Crippen molar-refractivity contribution in [1.82, 2.24) is 10.3 Å². The van der Waals surface area contributed by atoms with Crippen molar-refractivity contribution < 1.29 is 14.6 Å². The highest BCUT2D eigenvalue weighted by molar-refractivity contribution is 7.80. The average Bonchev–Trinajstić information content (AvgIpc) is 2.63. The van der Waals surface area contributed by atoms with E-state index in [1.807, 2.05) is 42.5 Å². The topological polar surface area (TPSA) is 83.5 Å². The molecule has 0 saturated heterocycles. The van der Waals surface area contributed by atoms with Gasteiger partial charge in [0.2, 0.25) is 0 Å². The largest absolute Gasteiger partial charge is 0.506 e. The van der Waals surface area contributed by atoms with E-state index in [9.17, 15) is 9.90 Å². The van der Waals surface area contributed by atoms with E-state index in [0.717, 1.165) is 5.75 Å². The van der Waals surface area contributed by atoms with Gasteiger partial charge in [0, 0.05) is 18.0 Å². The van der Waals surface area contributed by atoms with Crippen LogP contribution >= 0.6 is 12.2 Å². The maximum Gasteiger partial charge on any atom is 0.259 e. The zero-order chi connectivity index (χ0) is 18.4. The van der Waals surface area contributed by atoms with Crippen LogP contribution in [0.4, 0.5) is 5.69 Å². The van der Waals surface area contributed by atoms with Crippen molar-refractivity contribution in [1.29, 1.82) is 0 Å². The van der Waals surface area contributed by atoms with E-state index in [2.05, 4.69) is 15.6 Å². The number of carbonyl (C=O) groups is 1. The predicted molar refractivity (Wildman–Crippen MR) is 103 cm³/mol. The lowest BCUT2D eigenvalue weighted by Gasteiger charge is -2.11. The second kappa shape index (κ2) is 8.09. The molecule has 0 unspecified atom stereocenters. The van der Waals surface area contributed by atoms with Crippen LogP contribution in [0.25, 0.3) is 0 Å². The minimum absolute atomic E-state index is 0.0951. The number of aromatic nitrogens is 1. The maximum absolute atomic E-state index is 12.1. The number of amides is 1. The van der Waals surface area contributed by atoms with Gasteiger partial charge in [-0.15, -0.1) is 0 Å². The zero-order valence-corrected chi connectivity index (χ0v) is 14.4. The number of pyridine rings is 1. The summed E-state index contributed by atoms with van der Waals surface area (Å²) in [7, 11) is 0. The second-order valence-electron chi connectivity index (χ2n) is 5.28. The van der Waals surface area contributed by atoms with Gasteiger partial charge in [-0.2, -0.15) is 0 Å². The zero-order valence-electron chi connectivity index (χ0n) is 13.5. The number of rotatable bonds is 4. The third-order valence-electron chi connectivity index (χ3n) is 3.28. The first-order valence-electron chi connectivity index (χ1n) is 7.69. The van der Waals surface area contributed by atoms with Crippen LogP contribution in [0.15, 0.2) is 73.1 Å². The SMILES string of the molecule is O=C(NC(=S)Nc1cccc(Oc2ccccc2)c1)c1cncc(O)c1. The quantitative estimate of drug-likeness (QED) is 0.612. The van der Waals surface area contributed by atoms with Crippen LogP contribution in [0.3, 0.4) is 0 Å². The number of hydrogen-bond acceptors (Lipinski definition) is 5. The van der Waals surface area contributed by atoms with Crippen molar-refractivity contribution in [2.24, 2.45) is 0 Å². The summed E-state index contributed by atoms with van der Waals surface area (Å²) in [5.41, 5.74) is 0.869. The third-order valence-corrected chi connectivity index (χ3v) is 3.49. The Kier molecular flexibility index (Phi) is 5.40. The summed E-state index contributed by atoms with van der Waals surface area (Å²) in [4.78, 5) is 15.8. The summed E-state index contributed by atoms with van der Waals surface area (Å²) < 4.78 is 5.76. The Morgan fingerprint density at radius 2 is 1.77 bits per heavy atom. The monoisotopic (exact) mass is 365 g/mol. The van der Waals surface area contributed by atoms with Crippen molar-refractivity contribution >= 4 is 28.9 Å². The summed E-state index contributed by atoms with van der Waals surface area (Å²) in [6.45, 7) is 0. The highest BCUT2D eigenvalue weighted by Crippen LogP contribution is 2.23. The molecule has 0 aliphatic heterocycles. The first kappa shape index (κ1) is 17.4.